The summed E-state index contributed by atoms with van der Waals surface area (Å²) >= 11 is 0. The van der Waals surface area contributed by atoms with Crippen LogP contribution in [-0.2, 0) is 0 Å². The summed E-state index contributed by atoms with van der Waals surface area (Å²) < 4.78 is 28.0. The molecule has 0 radical (unpaired) electrons. The maximum Gasteiger partial charge on any atom is 0.0840 e. The van der Waals surface area contributed by atoms with Crippen LogP contribution in [0.15, 0.2) is 30.5 Å². The van der Waals surface area contributed by atoms with E-state index in [0.29, 0.717) is 0 Å². The zero-order valence-corrected chi connectivity index (χ0v) is 3.02. The SMILES string of the molecule is [2H]c1cc([2H])c([2H])c([2H])n1. The molecule has 0 aliphatic heterocycles. The van der Waals surface area contributed by atoms with Crippen molar-refractivity contribution in [3.8, 4) is 0 Å². The summed E-state index contributed by atoms with van der Waals surface area (Å²) in [6.45, 7) is 0. The maximum atomic E-state index is 7.03. The van der Waals surface area contributed by atoms with Crippen LogP contribution in [0.4, 0.5) is 0 Å². The fourth-order valence-electron chi connectivity index (χ4n) is 0.193. The van der Waals surface area contributed by atoms with Crippen molar-refractivity contribution in [1.82, 2.24) is 4.98 Å². The van der Waals surface area contributed by atoms with Crippen LogP contribution in [0, 0.1) is 0 Å². The van der Waals surface area contributed by atoms with Crippen molar-refractivity contribution >= 4 is 0 Å². The minimum atomic E-state index is -0.308. The Morgan fingerprint density at radius 2 is 2.33 bits per heavy atom. The van der Waals surface area contributed by atoms with E-state index in [4.69, 9.17) is 5.48 Å². The highest BCUT2D eigenvalue weighted by atomic mass is 14.6. The molecule has 6 heavy (non-hydrogen) atoms. The molecule has 0 aliphatic carbocycles. The smallest absolute Gasteiger partial charge is 0.0840 e. The Bertz CT molecular complexity index is 237. The van der Waals surface area contributed by atoms with Crippen LogP contribution in [0.2, 0.25) is 0 Å². The fourth-order valence-corrected chi connectivity index (χ4v) is 0.193. The molecule has 1 heteroatoms. The lowest BCUT2D eigenvalue weighted by molar-refractivity contribution is 1.33. The first-order valence-electron chi connectivity index (χ1n) is 3.52. The highest BCUT2D eigenvalue weighted by Gasteiger charge is 1.58. The van der Waals surface area contributed by atoms with Gasteiger partial charge in [-0.3, -0.25) is 4.98 Å². The van der Waals surface area contributed by atoms with Gasteiger partial charge >= 0.3 is 0 Å². The minimum absolute atomic E-state index is 0.120. The molecule has 1 aromatic heterocycles. The van der Waals surface area contributed by atoms with Crippen LogP contribution in [0.1, 0.15) is 5.48 Å². The molecule has 1 nitrogen and oxygen atoms in total. The molecule has 0 aliphatic rings. The van der Waals surface area contributed by atoms with Crippen LogP contribution in [0.3, 0.4) is 0 Å². The topological polar surface area (TPSA) is 12.9 Å². The number of nitrogens with zero attached hydrogens (tertiary/aromatic N) is 1. The Hall–Kier alpha value is -0.850. The number of hydrogen-bond donors (Lipinski definition) is 0. The molecule has 0 saturated heterocycles. The number of pyridine rings is 1. The summed E-state index contributed by atoms with van der Waals surface area (Å²) in [5.74, 6) is 0. The highest BCUT2D eigenvalue weighted by molar-refractivity contribution is 4.88. The largest absolute Gasteiger partial charge is 0.265 e. The molecule has 1 heterocycles. The average Bonchev–Trinajstić information content (AvgIpc) is 1.82. The molecule has 0 fully saturated rings. The number of hydrogen-bond acceptors (Lipinski definition) is 1. The molecule has 1 rings (SSSR count). The van der Waals surface area contributed by atoms with Crippen molar-refractivity contribution in [3.63, 3.8) is 0 Å². The third-order valence-electron chi connectivity index (χ3n) is 0.385. The standard InChI is InChI=1S/C5H5N/c1-2-4-6-5-3-1/h1-5H/i1D,2D,4D,5D. The minimum Gasteiger partial charge on any atom is -0.265 e. The second-order valence-electron chi connectivity index (χ2n) is 0.766. The van der Waals surface area contributed by atoms with E-state index in [2.05, 4.69) is 4.98 Å². The lowest BCUT2D eigenvalue weighted by Gasteiger charge is -1.70. The van der Waals surface area contributed by atoms with E-state index in [-0.39, 0.29) is 24.4 Å². The Kier molecular flexibility index (Phi) is 0.274. The molecular formula is C5H5N. The molecule has 0 atom stereocenters. The second kappa shape index (κ2) is 1.55. The maximum absolute atomic E-state index is 7.03. The molecule has 0 saturated carbocycles. The Balaban J connectivity index is 3.31. The van der Waals surface area contributed by atoms with Crippen molar-refractivity contribution in [2.45, 2.75) is 0 Å². The van der Waals surface area contributed by atoms with E-state index in [1.54, 1.807) is 0 Å². The van der Waals surface area contributed by atoms with Crippen LogP contribution in [-0.4, -0.2) is 4.98 Å². The summed E-state index contributed by atoms with van der Waals surface area (Å²) in [7, 11) is 0. The summed E-state index contributed by atoms with van der Waals surface area (Å²) in [5, 5.41) is 0. The van der Waals surface area contributed by atoms with E-state index < -0.39 is 0 Å². The third-order valence-corrected chi connectivity index (χ3v) is 0.385. The Morgan fingerprint density at radius 1 is 1.33 bits per heavy atom. The normalized spacial score (nSPS) is 17.3. The van der Waals surface area contributed by atoms with Gasteiger partial charge in [-0.25, -0.2) is 0 Å². The van der Waals surface area contributed by atoms with Crippen molar-refractivity contribution in [3.05, 3.63) is 30.5 Å². The molecule has 0 spiro atoms. The van der Waals surface area contributed by atoms with Gasteiger partial charge in [0.15, 0.2) is 0 Å². The highest BCUT2D eigenvalue weighted by Crippen LogP contribution is 1.73. The summed E-state index contributed by atoms with van der Waals surface area (Å²) in [5.41, 5.74) is 0. The summed E-state index contributed by atoms with van der Waals surface area (Å²) in [6, 6.07) is 0.793. The quantitative estimate of drug-likeness (QED) is 0.457. The zero-order valence-electron chi connectivity index (χ0n) is 7.02. The Labute approximate surface area is 42.3 Å². The van der Waals surface area contributed by atoms with Crippen molar-refractivity contribution in [1.29, 1.82) is 0 Å². The molecule has 0 bridgehead atoms. The first-order chi connectivity index (χ1) is 4.61. The first kappa shape index (κ1) is 1.06. The van der Waals surface area contributed by atoms with Gasteiger partial charge in [-0.05, 0) is 12.1 Å². The molecule has 0 N–H and O–H groups in total. The first-order valence-corrected chi connectivity index (χ1v) is 1.52. The van der Waals surface area contributed by atoms with E-state index >= 15 is 0 Å². The lowest BCUT2D eigenvalue weighted by Crippen LogP contribution is -1.58. The average molecular weight is 83.1 g/mol. The predicted molar refractivity (Wildman–Crippen MR) is 24.2 cm³/mol. The monoisotopic (exact) mass is 83.1 g/mol. The van der Waals surface area contributed by atoms with Crippen LogP contribution in [0.25, 0.3) is 0 Å². The molecular weight excluding hydrogens is 74.1 g/mol. The van der Waals surface area contributed by atoms with E-state index in [1.807, 2.05) is 0 Å². The third kappa shape index (κ3) is 0.549. The van der Waals surface area contributed by atoms with Crippen molar-refractivity contribution < 1.29 is 5.48 Å². The van der Waals surface area contributed by atoms with Gasteiger partial charge < -0.3 is 0 Å². The number of aromatic nitrogens is 1. The van der Waals surface area contributed by atoms with Gasteiger partial charge in [-0.1, -0.05) is 6.04 Å². The van der Waals surface area contributed by atoms with Crippen molar-refractivity contribution in [2.75, 3.05) is 0 Å². The van der Waals surface area contributed by atoms with Gasteiger partial charge in [0.05, 0.1) is 5.48 Å². The molecule has 0 unspecified atom stereocenters. The van der Waals surface area contributed by atoms with Gasteiger partial charge in [0.25, 0.3) is 0 Å². The summed E-state index contributed by atoms with van der Waals surface area (Å²) in [6.07, 6.45) is -0.441. The van der Waals surface area contributed by atoms with Crippen LogP contribution < -0.4 is 0 Å². The second-order valence-corrected chi connectivity index (χ2v) is 0.766. The van der Waals surface area contributed by atoms with Gasteiger partial charge in [0.2, 0.25) is 0 Å². The van der Waals surface area contributed by atoms with Gasteiger partial charge in [-0.2, -0.15) is 0 Å². The predicted octanol–water partition coefficient (Wildman–Crippen LogP) is 1.08. The number of rotatable bonds is 0. The summed E-state index contributed by atoms with van der Waals surface area (Å²) in [4.78, 5) is 3.36. The van der Waals surface area contributed by atoms with Crippen LogP contribution in [0.5, 0.6) is 0 Å². The molecule has 0 aromatic carbocycles. The molecule has 0 amide bonds. The zero-order chi connectivity index (χ0) is 7.72. The van der Waals surface area contributed by atoms with Gasteiger partial charge in [0.1, 0.15) is 0 Å². The van der Waals surface area contributed by atoms with Crippen molar-refractivity contribution in [2.24, 2.45) is 0 Å². The Morgan fingerprint density at radius 3 is 3.17 bits per heavy atom. The van der Waals surface area contributed by atoms with Gasteiger partial charge in [-0.15, -0.1) is 0 Å². The molecule has 1 aromatic rings. The van der Waals surface area contributed by atoms with Gasteiger partial charge in [0, 0.05) is 12.3 Å². The van der Waals surface area contributed by atoms with E-state index in [0.717, 1.165) is 6.07 Å². The van der Waals surface area contributed by atoms with Crippen LogP contribution >= 0.6 is 0 Å². The van der Waals surface area contributed by atoms with E-state index in [1.165, 1.54) is 0 Å². The molecule has 30 valence electrons. The fraction of sp³-hybridized carbons (Fsp3) is 0. The van der Waals surface area contributed by atoms with E-state index in [9.17, 15) is 0 Å². The lowest BCUT2D eigenvalue weighted by atomic mass is 10.5.